The van der Waals surface area contributed by atoms with Gasteiger partial charge in [0.1, 0.15) is 5.82 Å². The number of nitrogens with one attached hydrogen (secondary N) is 1. The number of amides is 1. The van der Waals surface area contributed by atoms with Gasteiger partial charge in [-0.1, -0.05) is 42.3 Å². The Morgan fingerprint density at radius 3 is 2.89 bits per heavy atom. The van der Waals surface area contributed by atoms with Gasteiger partial charge in [-0.3, -0.25) is 14.3 Å². The van der Waals surface area contributed by atoms with Crippen LogP contribution in [-0.2, 0) is 24.2 Å². The van der Waals surface area contributed by atoms with Crippen LogP contribution in [-0.4, -0.2) is 56.3 Å². The average Bonchev–Trinajstić information content (AvgIpc) is 3.28. The fraction of sp³-hybridized carbons (Fsp3) is 0.440. The number of anilines is 1. The molecule has 10 heteroatoms. The highest BCUT2D eigenvalue weighted by molar-refractivity contribution is 6.35. The summed E-state index contributed by atoms with van der Waals surface area (Å²) in [5.74, 6) is -0.361. The Morgan fingerprint density at radius 2 is 2.14 bits per heavy atom. The number of aryl methyl sites for hydroxylation is 3. The number of carboxylic acid groups (broad SMARTS) is 1. The lowest BCUT2D eigenvalue weighted by atomic mass is 9.74. The van der Waals surface area contributed by atoms with Crippen LogP contribution in [0.1, 0.15) is 47.8 Å². The molecule has 2 aliphatic rings. The molecule has 4 rings (SSSR count). The number of aliphatic carboxylic acids is 1. The van der Waals surface area contributed by atoms with E-state index >= 15 is 0 Å². The van der Waals surface area contributed by atoms with E-state index in [0.717, 1.165) is 30.9 Å². The van der Waals surface area contributed by atoms with Crippen molar-refractivity contribution < 1.29 is 14.7 Å². The van der Waals surface area contributed by atoms with Gasteiger partial charge in [0.25, 0.3) is 5.91 Å². The van der Waals surface area contributed by atoms with Crippen molar-refractivity contribution in [3.63, 3.8) is 0 Å². The fourth-order valence-electron chi connectivity index (χ4n) is 4.84. The monoisotopic (exact) mass is 517 g/mol. The first kappa shape index (κ1) is 25.3. The molecule has 1 aliphatic carbocycles. The van der Waals surface area contributed by atoms with E-state index in [-0.39, 0.29) is 12.3 Å². The summed E-state index contributed by atoms with van der Waals surface area (Å²) in [5.41, 5.74) is 1.86. The SMILES string of the molecule is CN(C(=O)c1cnn(CCc2ccc3c(n2)NCCC3)c1)[C@H](CC(=O)O)C1(C)C=C(Cl)C=C(Cl)C1. The van der Waals surface area contributed by atoms with E-state index < -0.39 is 17.4 Å². The lowest BCUT2D eigenvalue weighted by molar-refractivity contribution is -0.139. The Kier molecular flexibility index (Phi) is 7.52. The van der Waals surface area contributed by atoms with Gasteiger partial charge in [0.2, 0.25) is 0 Å². The Balaban J connectivity index is 1.46. The van der Waals surface area contributed by atoms with E-state index in [1.54, 1.807) is 30.1 Å². The summed E-state index contributed by atoms with van der Waals surface area (Å²) in [5, 5.41) is 18.2. The van der Waals surface area contributed by atoms with Crippen LogP contribution in [0.2, 0.25) is 0 Å². The smallest absolute Gasteiger partial charge is 0.305 e. The summed E-state index contributed by atoms with van der Waals surface area (Å²) in [6.45, 7) is 3.37. The number of carboxylic acids is 1. The Labute approximate surface area is 214 Å². The molecule has 2 N–H and O–H groups in total. The second kappa shape index (κ2) is 10.4. The van der Waals surface area contributed by atoms with E-state index in [1.807, 2.05) is 13.0 Å². The maximum atomic E-state index is 13.3. The molecule has 0 saturated carbocycles. The van der Waals surface area contributed by atoms with Crippen LogP contribution < -0.4 is 5.32 Å². The Morgan fingerprint density at radius 1 is 1.34 bits per heavy atom. The molecule has 0 spiro atoms. The van der Waals surface area contributed by atoms with Gasteiger partial charge in [-0.05, 0) is 37.0 Å². The third-order valence-electron chi connectivity index (χ3n) is 6.66. The number of carbonyl (C=O) groups excluding carboxylic acids is 1. The van der Waals surface area contributed by atoms with Crippen LogP contribution in [0.5, 0.6) is 0 Å². The maximum Gasteiger partial charge on any atom is 0.305 e. The summed E-state index contributed by atoms with van der Waals surface area (Å²) < 4.78 is 1.71. The van der Waals surface area contributed by atoms with Gasteiger partial charge in [-0.25, -0.2) is 4.98 Å². The quantitative estimate of drug-likeness (QED) is 0.536. The van der Waals surface area contributed by atoms with Crippen molar-refractivity contribution >= 4 is 40.9 Å². The molecule has 186 valence electrons. The van der Waals surface area contributed by atoms with Gasteiger partial charge in [0, 0.05) is 53.9 Å². The molecule has 8 nitrogen and oxygen atoms in total. The molecule has 2 atom stereocenters. The first-order valence-corrected chi connectivity index (χ1v) is 12.4. The van der Waals surface area contributed by atoms with Crippen LogP contribution in [0, 0.1) is 5.41 Å². The number of hydrogen-bond acceptors (Lipinski definition) is 5. The second-order valence-corrected chi connectivity index (χ2v) is 10.3. The van der Waals surface area contributed by atoms with E-state index in [4.69, 9.17) is 28.2 Å². The second-order valence-electron chi connectivity index (χ2n) is 9.42. The van der Waals surface area contributed by atoms with E-state index in [9.17, 15) is 14.7 Å². The number of fused-ring (bicyclic) bond motifs is 1. The van der Waals surface area contributed by atoms with Crippen molar-refractivity contribution in [1.29, 1.82) is 0 Å². The number of rotatable bonds is 8. The van der Waals surface area contributed by atoms with Gasteiger partial charge >= 0.3 is 5.97 Å². The summed E-state index contributed by atoms with van der Waals surface area (Å²) in [4.78, 5) is 31.2. The highest BCUT2D eigenvalue weighted by Gasteiger charge is 2.41. The average molecular weight is 518 g/mol. The highest BCUT2D eigenvalue weighted by atomic mass is 35.5. The fourth-order valence-corrected chi connectivity index (χ4v) is 5.69. The highest BCUT2D eigenvalue weighted by Crippen LogP contribution is 2.42. The Bertz CT molecular complexity index is 1190. The summed E-state index contributed by atoms with van der Waals surface area (Å²) in [7, 11) is 1.61. The van der Waals surface area contributed by atoms with Crippen molar-refractivity contribution in [3.8, 4) is 0 Å². The lowest BCUT2D eigenvalue weighted by Crippen LogP contribution is -2.48. The molecular formula is C25H29Cl2N5O3. The number of nitrogens with zero attached hydrogens (tertiary/aromatic N) is 4. The van der Waals surface area contributed by atoms with Gasteiger partial charge in [-0.2, -0.15) is 5.10 Å². The van der Waals surface area contributed by atoms with Crippen LogP contribution in [0.15, 0.2) is 46.7 Å². The molecule has 0 saturated heterocycles. The van der Waals surface area contributed by atoms with Crippen LogP contribution in [0.4, 0.5) is 5.82 Å². The number of halogens is 2. The first-order valence-electron chi connectivity index (χ1n) is 11.6. The molecule has 1 amide bonds. The molecule has 2 aromatic heterocycles. The standard InChI is InChI=1S/C25H29Cl2N5O3/c1-25(12-18(26)10-19(27)13-25)21(11-22(33)34)31(2)24(35)17-14-29-32(15-17)9-7-20-6-5-16-4-3-8-28-23(16)30-20/h5-6,10,12,14-15,21H,3-4,7-9,11,13H2,1-2H3,(H,28,30)(H,33,34)/t21-,25?/m1/s1. The molecule has 2 aromatic rings. The van der Waals surface area contributed by atoms with E-state index in [1.165, 1.54) is 16.7 Å². The normalized spacial score (nSPS) is 20.2. The third-order valence-corrected chi connectivity index (χ3v) is 7.12. The van der Waals surface area contributed by atoms with Crippen LogP contribution in [0.3, 0.4) is 0 Å². The largest absolute Gasteiger partial charge is 0.481 e. The van der Waals surface area contributed by atoms with Crippen molar-refractivity contribution in [2.45, 2.75) is 51.6 Å². The number of allylic oxidation sites excluding steroid dienone is 3. The summed E-state index contributed by atoms with van der Waals surface area (Å²) in [6, 6.07) is 3.50. The lowest BCUT2D eigenvalue weighted by Gasteiger charge is -2.41. The van der Waals surface area contributed by atoms with Gasteiger partial charge in [0.15, 0.2) is 0 Å². The Hall–Kier alpha value is -2.84. The van der Waals surface area contributed by atoms with E-state index in [0.29, 0.717) is 35.0 Å². The van der Waals surface area contributed by atoms with Gasteiger partial charge in [0.05, 0.1) is 24.2 Å². The molecule has 1 aliphatic heterocycles. The van der Waals surface area contributed by atoms with Crippen molar-refractivity contribution in [3.05, 3.63) is 63.6 Å². The maximum absolute atomic E-state index is 13.3. The zero-order valence-corrected chi connectivity index (χ0v) is 21.3. The molecule has 0 bridgehead atoms. The topological polar surface area (TPSA) is 100 Å². The van der Waals surface area contributed by atoms with Crippen LogP contribution in [0.25, 0.3) is 0 Å². The van der Waals surface area contributed by atoms with Crippen molar-refractivity contribution in [2.24, 2.45) is 5.41 Å². The number of pyridine rings is 1. The molecule has 35 heavy (non-hydrogen) atoms. The van der Waals surface area contributed by atoms with Crippen LogP contribution >= 0.6 is 23.2 Å². The minimum absolute atomic E-state index is 0.240. The predicted molar refractivity (Wildman–Crippen MR) is 136 cm³/mol. The molecule has 0 radical (unpaired) electrons. The zero-order valence-electron chi connectivity index (χ0n) is 19.8. The zero-order chi connectivity index (χ0) is 25.2. The van der Waals surface area contributed by atoms with Gasteiger partial charge < -0.3 is 15.3 Å². The molecule has 0 aromatic carbocycles. The molecule has 0 fully saturated rings. The number of hydrogen-bond donors (Lipinski definition) is 2. The minimum Gasteiger partial charge on any atom is -0.481 e. The van der Waals surface area contributed by atoms with Crippen molar-refractivity contribution in [2.75, 3.05) is 18.9 Å². The third kappa shape index (κ3) is 5.87. The summed E-state index contributed by atoms with van der Waals surface area (Å²) in [6.07, 6.45) is 9.60. The van der Waals surface area contributed by atoms with Crippen molar-refractivity contribution in [1.82, 2.24) is 19.7 Å². The summed E-state index contributed by atoms with van der Waals surface area (Å²) >= 11 is 12.5. The number of aromatic nitrogens is 3. The minimum atomic E-state index is -1.01. The van der Waals surface area contributed by atoms with Gasteiger partial charge in [-0.15, -0.1) is 0 Å². The number of carbonyl (C=O) groups is 2. The molecule has 1 unspecified atom stereocenters. The molecule has 3 heterocycles. The first-order chi connectivity index (χ1) is 16.6. The predicted octanol–water partition coefficient (Wildman–Crippen LogP) is 4.45. The molecular weight excluding hydrogens is 489 g/mol. The van der Waals surface area contributed by atoms with E-state index in [2.05, 4.69) is 16.5 Å².